The van der Waals surface area contributed by atoms with Gasteiger partial charge in [-0.25, -0.2) is 4.79 Å². The SMILES string of the molecule is CCOC(=O)c1noc2cc(Nc3nn(Cc4ccc(OC)cc4)c4cccnc34)ccc12. The highest BCUT2D eigenvalue weighted by atomic mass is 16.5. The van der Waals surface area contributed by atoms with E-state index < -0.39 is 5.97 Å². The molecule has 0 bridgehead atoms. The van der Waals surface area contributed by atoms with Crippen molar-refractivity contribution < 1.29 is 18.8 Å². The quantitative estimate of drug-likeness (QED) is 0.365. The van der Waals surface area contributed by atoms with Crippen LogP contribution in [-0.2, 0) is 11.3 Å². The molecule has 2 aromatic carbocycles. The minimum absolute atomic E-state index is 0.161. The largest absolute Gasteiger partial charge is 0.497 e. The van der Waals surface area contributed by atoms with Crippen molar-refractivity contribution in [1.82, 2.24) is 19.9 Å². The number of methoxy groups -OCH3 is 1. The monoisotopic (exact) mass is 443 g/mol. The Morgan fingerprint density at radius 2 is 2.00 bits per heavy atom. The molecule has 33 heavy (non-hydrogen) atoms. The molecule has 0 aliphatic carbocycles. The molecular weight excluding hydrogens is 422 g/mol. The smallest absolute Gasteiger partial charge is 0.361 e. The molecule has 5 rings (SSSR count). The van der Waals surface area contributed by atoms with Crippen LogP contribution in [-0.4, -0.2) is 39.6 Å². The first-order valence-corrected chi connectivity index (χ1v) is 10.4. The van der Waals surface area contributed by atoms with Crippen LogP contribution in [0, 0.1) is 0 Å². The van der Waals surface area contributed by atoms with Gasteiger partial charge in [0.25, 0.3) is 0 Å². The zero-order chi connectivity index (χ0) is 22.8. The van der Waals surface area contributed by atoms with Crippen LogP contribution in [0.3, 0.4) is 0 Å². The van der Waals surface area contributed by atoms with E-state index in [1.54, 1.807) is 32.4 Å². The molecule has 0 fully saturated rings. The molecule has 0 aliphatic heterocycles. The van der Waals surface area contributed by atoms with Gasteiger partial charge in [-0.05, 0) is 48.9 Å². The lowest BCUT2D eigenvalue weighted by molar-refractivity contribution is 0.0517. The Bertz CT molecular complexity index is 1440. The first-order chi connectivity index (χ1) is 16.2. The van der Waals surface area contributed by atoms with Crippen molar-refractivity contribution in [2.24, 2.45) is 0 Å². The molecule has 0 saturated carbocycles. The molecule has 0 aliphatic rings. The number of esters is 1. The molecule has 9 heteroatoms. The number of aromatic nitrogens is 4. The second-order valence-corrected chi connectivity index (χ2v) is 7.31. The summed E-state index contributed by atoms with van der Waals surface area (Å²) >= 11 is 0. The van der Waals surface area contributed by atoms with Crippen LogP contribution in [0.2, 0.25) is 0 Å². The first-order valence-electron chi connectivity index (χ1n) is 10.4. The van der Waals surface area contributed by atoms with Crippen molar-refractivity contribution in [3.63, 3.8) is 0 Å². The minimum atomic E-state index is -0.510. The molecule has 0 saturated heterocycles. The van der Waals surface area contributed by atoms with Gasteiger partial charge in [0.05, 0.1) is 31.2 Å². The maximum Gasteiger partial charge on any atom is 0.361 e. The lowest BCUT2D eigenvalue weighted by Gasteiger charge is -2.05. The Morgan fingerprint density at radius 1 is 1.15 bits per heavy atom. The van der Waals surface area contributed by atoms with Gasteiger partial charge in [0, 0.05) is 18.0 Å². The van der Waals surface area contributed by atoms with E-state index in [2.05, 4.69) is 15.5 Å². The van der Waals surface area contributed by atoms with E-state index in [-0.39, 0.29) is 12.3 Å². The summed E-state index contributed by atoms with van der Waals surface area (Å²) in [6.07, 6.45) is 1.73. The van der Waals surface area contributed by atoms with Crippen molar-refractivity contribution in [1.29, 1.82) is 0 Å². The van der Waals surface area contributed by atoms with Gasteiger partial charge in [0.2, 0.25) is 0 Å². The van der Waals surface area contributed by atoms with Gasteiger partial charge < -0.3 is 19.3 Å². The second kappa shape index (κ2) is 8.62. The number of rotatable bonds is 7. The van der Waals surface area contributed by atoms with Crippen LogP contribution in [0.5, 0.6) is 5.75 Å². The number of fused-ring (bicyclic) bond motifs is 2. The number of hydrogen-bond acceptors (Lipinski definition) is 8. The van der Waals surface area contributed by atoms with E-state index in [1.807, 2.05) is 47.1 Å². The standard InChI is InChI=1S/C24H21N5O4/c1-3-32-24(30)21-18-11-8-16(13-20(18)33-28-21)26-23-22-19(5-4-12-25-22)29(27-23)14-15-6-9-17(31-2)10-7-15/h4-13H,3,14H2,1-2H3,(H,26,27). The normalized spacial score (nSPS) is 11.1. The lowest BCUT2D eigenvalue weighted by Crippen LogP contribution is -2.05. The molecule has 1 N–H and O–H groups in total. The van der Waals surface area contributed by atoms with Gasteiger partial charge in [0.1, 0.15) is 11.3 Å². The van der Waals surface area contributed by atoms with Crippen molar-refractivity contribution >= 4 is 39.5 Å². The van der Waals surface area contributed by atoms with E-state index in [9.17, 15) is 4.79 Å². The van der Waals surface area contributed by atoms with Crippen LogP contribution < -0.4 is 10.1 Å². The summed E-state index contributed by atoms with van der Waals surface area (Å²) in [5.41, 5.74) is 4.10. The molecule has 166 valence electrons. The number of anilines is 2. The number of nitrogens with zero attached hydrogens (tertiary/aromatic N) is 4. The first kappa shape index (κ1) is 20.5. The molecule has 0 atom stereocenters. The maximum atomic E-state index is 12.0. The van der Waals surface area contributed by atoms with Gasteiger partial charge in [-0.15, -0.1) is 0 Å². The predicted molar refractivity (Wildman–Crippen MR) is 123 cm³/mol. The van der Waals surface area contributed by atoms with Crippen LogP contribution in [0.25, 0.3) is 22.0 Å². The number of pyridine rings is 1. The summed E-state index contributed by atoms with van der Waals surface area (Å²) in [7, 11) is 1.65. The second-order valence-electron chi connectivity index (χ2n) is 7.31. The molecule has 3 aromatic heterocycles. The third kappa shape index (κ3) is 3.96. The Kier molecular flexibility index (Phi) is 5.35. The number of benzene rings is 2. The van der Waals surface area contributed by atoms with E-state index in [4.69, 9.17) is 19.1 Å². The third-order valence-corrected chi connectivity index (χ3v) is 5.20. The van der Waals surface area contributed by atoms with Gasteiger partial charge in [-0.3, -0.25) is 9.67 Å². The number of carbonyl (C=O) groups excluding carboxylic acids is 1. The lowest BCUT2D eigenvalue weighted by atomic mass is 10.2. The van der Waals surface area contributed by atoms with Crippen molar-refractivity contribution in [3.8, 4) is 5.75 Å². The van der Waals surface area contributed by atoms with Gasteiger partial charge in [-0.1, -0.05) is 17.3 Å². The van der Waals surface area contributed by atoms with Crippen molar-refractivity contribution in [3.05, 3.63) is 72.1 Å². The zero-order valence-corrected chi connectivity index (χ0v) is 18.1. The Hall–Kier alpha value is -4.40. The minimum Gasteiger partial charge on any atom is -0.497 e. The van der Waals surface area contributed by atoms with E-state index >= 15 is 0 Å². The molecule has 0 unspecified atom stereocenters. The summed E-state index contributed by atoms with van der Waals surface area (Å²) < 4.78 is 17.5. The van der Waals surface area contributed by atoms with E-state index in [0.717, 1.165) is 28.0 Å². The summed E-state index contributed by atoms with van der Waals surface area (Å²) in [4.78, 5) is 16.6. The predicted octanol–water partition coefficient (Wildman–Crippen LogP) is 4.55. The van der Waals surface area contributed by atoms with Crippen molar-refractivity contribution in [2.75, 3.05) is 19.0 Å². The molecule has 5 aromatic rings. The number of ether oxygens (including phenoxy) is 2. The third-order valence-electron chi connectivity index (χ3n) is 5.20. The molecule has 0 radical (unpaired) electrons. The highest BCUT2D eigenvalue weighted by molar-refractivity contribution is 6.02. The Balaban J connectivity index is 1.45. The van der Waals surface area contributed by atoms with Crippen molar-refractivity contribution in [2.45, 2.75) is 13.5 Å². The fourth-order valence-electron chi connectivity index (χ4n) is 3.62. The molecule has 0 amide bonds. The van der Waals surface area contributed by atoms with Crippen LogP contribution in [0.15, 0.2) is 65.3 Å². The Morgan fingerprint density at radius 3 is 2.79 bits per heavy atom. The number of hydrogen-bond donors (Lipinski definition) is 1. The molecule has 9 nitrogen and oxygen atoms in total. The zero-order valence-electron chi connectivity index (χ0n) is 18.1. The summed E-state index contributed by atoms with van der Waals surface area (Å²) in [5, 5.41) is 12.5. The highest BCUT2D eigenvalue weighted by Crippen LogP contribution is 2.28. The molecule has 0 spiro atoms. The van der Waals surface area contributed by atoms with E-state index in [1.165, 1.54) is 0 Å². The summed E-state index contributed by atoms with van der Waals surface area (Å²) in [5.74, 6) is 0.912. The fourth-order valence-corrected chi connectivity index (χ4v) is 3.62. The topological polar surface area (TPSA) is 104 Å². The van der Waals surface area contributed by atoms with Gasteiger partial charge in [-0.2, -0.15) is 5.10 Å². The highest BCUT2D eigenvalue weighted by Gasteiger charge is 2.18. The van der Waals surface area contributed by atoms with Crippen LogP contribution >= 0.6 is 0 Å². The fraction of sp³-hybridized carbons (Fsp3) is 0.167. The average molecular weight is 443 g/mol. The average Bonchev–Trinajstić information content (AvgIpc) is 3.41. The van der Waals surface area contributed by atoms with Crippen LogP contribution in [0.1, 0.15) is 23.0 Å². The van der Waals surface area contributed by atoms with Gasteiger partial charge >= 0.3 is 5.97 Å². The number of nitrogens with one attached hydrogen (secondary N) is 1. The van der Waals surface area contributed by atoms with Crippen LogP contribution in [0.4, 0.5) is 11.5 Å². The van der Waals surface area contributed by atoms with Gasteiger partial charge in [0.15, 0.2) is 17.1 Å². The number of carbonyl (C=O) groups is 1. The molecular formula is C24H21N5O4. The summed E-state index contributed by atoms with van der Waals surface area (Å²) in [6.45, 7) is 2.60. The maximum absolute atomic E-state index is 12.0. The molecule has 3 heterocycles. The Labute approximate surface area is 188 Å². The van der Waals surface area contributed by atoms with E-state index in [0.29, 0.717) is 23.3 Å². The summed E-state index contributed by atoms with van der Waals surface area (Å²) in [6, 6.07) is 17.1.